The van der Waals surface area contributed by atoms with Crippen LogP contribution in [-0.4, -0.2) is 10.2 Å². The molecule has 0 radical (unpaired) electrons. The molecule has 0 saturated carbocycles. The molecule has 0 spiro atoms. The van der Waals surface area contributed by atoms with Gasteiger partial charge in [0, 0.05) is 12.5 Å². The van der Waals surface area contributed by atoms with E-state index in [-0.39, 0.29) is 11.5 Å². The van der Waals surface area contributed by atoms with Crippen molar-refractivity contribution in [2.24, 2.45) is 0 Å². The van der Waals surface area contributed by atoms with E-state index in [4.69, 9.17) is 5.73 Å². The molecule has 11 heavy (non-hydrogen) atoms. The number of aromatic amines is 1. The molecule has 1 rings (SSSR count). The Kier molecular flexibility index (Phi) is 1.58. The van der Waals surface area contributed by atoms with Crippen molar-refractivity contribution in [2.45, 2.75) is 19.8 Å². The number of hydrogen-bond acceptors (Lipinski definition) is 2. The van der Waals surface area contributed by atoms with E-state index in [1.165, 1.54) is 6.92 Å². The number of H-pyrrole nitrogens is 1. The fourth-order valence-electron chi connectivity index (χ4n) is 0.839. The zero-order valence-electron chi connectivity index (χ0n) is 6.28. The third-order valence-corrected chi connectivity index (χ3v) is 1.49. The monoisotopic (exact) mass is 161 g/mol. The molecular weight excluding hydrogens is 152 g/mol. The molecule has 0 fully saturated rings. The van der Waals surface area contributed by atoms with Gasteiger partial charge in [-0.2, -0.15) is 13.9 Å². The molecule has 0 saturated heterocycles. The third-order valence-electron chi connectivity index (χ3n) is 1.49. The van der Waals surface area contributed by atoms with Gasteiger partial charge in [-0.25, -0.2) is 0 Å². The Morgan fingerprint density at radius 1 is 1.55 bits per heavy atom. The number of hydrogen-bond donors (Lipinski definition) is 2. The summed E-state index contributed by atoms with van der Waals surface area (Å²) in [4.78, 5) is 0. The predicted octanol–water partition coefficient (Wildman–Crippen LogP) is 1.41. The molecule has 1 aromatic heterocycles. The summed E-state index contributed by atoms with van der Waals surface area (Å²) in [7, 11) is 0. The van der Waals surface area contributed by atoms with E-state index < -0.39 is 5.92 Å². The zero-order chi connectivity index (χ0) is 8.65. The lowest BCUT2D eigenvalue weighted by atomic mass is 10.2. The number of nitrogens with one attached hydrogen (secondary N) is 1. The minimum absolute atomic E-state index is 0.126. The van der Waals surface area contributed by atoms with Crippen molar-refractivity contribution in [1.29, 1.82) is 0 Å². The summed E-state index contributed by atoms with van der Waals surface area (Å²) < 4.78 is 25.2. The Labute approximate surface area is 62.6 Å². The Bertz CT molecular complexity index is 261. The molecular formula is C6H9F2N3. The van der Waals surface area contributed by atoms with Gasteiger partial charge in [-0.1, -0.05) is 0 Å². The van der Waals surface area contributed by atoms with Gasteiger partial charge in [0.05, 0.1) is 0 Å². The molecule has 0 unspecified atom stereocenters. The summed E-state index contributed by atoms with van der Waals surface area (Å²) in [5.41, 5.74) is 5.37. The average Bonchev–Trinajstić information content (AvgIpc) is 2.11. The highest BCUT2D eigenvalue weighted by molar-refractivity contribution is 5.41. The number of aromatic nitrogens is 2. The quantitative estimate of drug-likeness (QED) is 0.654. The van der Waals surface area contributed by atoms with Crippen LogP contribution in [0, 0.1) is 6.92 Å². The van der Waals surface area contributed by atoms with E-state index in [0.717, 1.165) is 6.92 Å². The van der Waals surface area contributed by atoms with Crippen LogP contribution in [0.1, 0.15) is 18.2 Å². The van der Waals surface area contributed by atoms with Gasteiger partial charge < -0.3 is 5.73 Å². The maximum Gasteiger partial charge on any atom is 0.286 e. The molecule has 3 nitrogen and oxygen atoms in total. The van der Waals surface area contributed by atoms with Crippen molar-refractivity contribution >= 4 is 5.82 Å². The standard InChI is InChI=1S/C6H9F2N3/c1-3-4(6(2,7)8)10-11-5(3)9/h1-2H3,(H3,9,10,11). The molecule has 0 aliphatic rings. The van der Waals surface area contributed by atoms with Crippen LogP contribution in [0.4, 0.5) is 14.6 Å². The first-order chi connectivity index (χ1) is 4.93. The summed E-state index contributed by atoms with van der Waals surface area (Å²) in [5, 5.41) is 5.64. The summed E-state index contributed by atoms with van der Waals surface area (Å²) in [6.45, 7) is 2.30. The van der Waals surface area contributed by atoms with Crippen LogP contribution < -0.4 is 5.73 Å². The average molecular weight is 161 g/mol. The van der Waals surface area contributed by atoms with Crippen molar-refractivity contribution in [1.82, 2.24) is 10.2 Å². The highest BCUT2D eigenvalue weighted by Gasteiger charge is 2.29. The van der Waals surface area contributed by atoms with E-state index in [9.17, 15) is 8.78 Å². The number of nitrogens with two attached hydrogens (primary N) is 1. The lowest BCUT2D eigenvalue weighted by Crippen LogP contribution is -2.09. The molecule has 0 aromatic carbocycles. The van der Waals surface area contributed by atoms with Crippen LogP contribution in [0.2, 0.25) is 0 Å². The van der Waals surface area contributed by atoms with Crippen molar-refractivity contribution in [2.75, 3.05) is 5.73 Å². The first kappa shape index (κ1) is 7.97. The van der Waals surface area contributed by atoms with Crippen LogP contribution in [0.15, 0.2) is 0 Å². The second-order valence-electron chi connectivity index (χ2n) is 2.50. The largest absolute Gasteiger partial charge is 0.382 e. The fraction of sp³-hybridized carbons (Fsp3) is 0.500. The normalized spacial score (nSPS) is 12.0. The predicted molar refractivity (Wildman–Crippen MR) is 37.3 cm³/mol. The lowest BCUT2D eigenvalue weighted by Gasteiger charge is -2.07. The number of anilines is 1. The molecule has 1 aromatic rings. The van der Waals surface area contributed by atoms with E-state index in [1.54, 1.807) is 0 Å². The fourth-order valence-corrected chi connectivity index (χ4v) is 0.839. The molecule has 5 heteroatoms. The van der Waals surface area contributed by atoms with Gasteiger partial charge in [0.2, 0.25) is 0 Å². The van der Waals surface area contributed by atoms with Gasteiger partial charge in [0.15, 0.2) is 0 Å². The van der Waals surface area contributed by atoms with E-state index in [2.05, 4.69) is 10.2 Å². The SMILES string of the molecule is Cc1c(N)n[nH]c1C(C)(F)F. The van der Waals surface area contributed by atoms with Gasteiger partial charge in [0.1, 0.15) is 11.5 Å². The first-order valence-corrected chi connectivity index (χ1v) is 3.11. The van der Waals surface area contributed by atoms with Crippen molar-refractivity contribution in [3.8, 4) is 0 Å². The van der Waals surface area contributed by atoms with Crippen LogP contribution in [0.25, 0.3) is 0 Å². The molecule has 0 aliphatic heterocycles. The minimum atomic E-state index is -2.89. The second-order valence-corrected chi connectivity index (χ2v) is 2.50. The summed E-state index contributed by atoms with van der Waals surface area (Å²) in [5.74, 6) is -2.77. The number of halogens is 2. The lowest BCUT2D eigenvalue weighted by molar-refractivity contribution is 0.0121. The van der Waals surface area contributed by atoms with Gasteiger partial charge in [-0.05, 0) is 6.92 Å². The molecule has 1 heterocycles. The summed E-state index contributed by atoms with van der Waals surface area (Å²) in [6, 6.07) is 0. The van der Waals surface area contributed by atoms with Crippen LogP contribution >= 0.6 is 0 Å². The molecule has 0 bridgehead atoms. The second kappa shape index (κ2) is 2.18. The van der Waals surface area contributed by atoms with E-state index in [1.807, 2.05) is 0 Å². The number of alkyl halides is 2. The molecule has 62 valence electrons. The Balaban J connectivity index is 3.15. The Morgan fingerprint density at radius 3 is 2.27 bits per heavy atom. The first-order valence-electron chi connectivity index (χ1n) is 3.11. The highest BCUT2D eigenvalue weighted by atomic mass is 19.3. The molecule has 0 atom stereocenters. The van der Waals surface area contributed by atoms with Gasteiger partial charge in [0.25, 0.3) is 5.92 Å². The summed E-state index contributed by atoms with van der Waals surface area (Å²) >= 11 is 0. The van der Waals surface area contributed by atoms with Crippen molar-refractivity contribution < 1.29 is 8.78 Å². The zero-order valence-corrected chi connectivity index (χ0v) is 6.28. The van der Waals surface area contributed by atoms with Gasteiger partial charge in [-0.15, -0.1) is 0 Å². The van der Waals surface area contributed by atoms with Crippen molar-refractivity contribution in [3.63, 3.8) is 0 Å². The van der Waals surface area contributed by atoms with Crippen LogP contribution in [0.3, 0.4) is 0 Å². The molecule has 0 amide bonds. The van der Waals surface area contributed by atoms with Crippen LogP contribution in [0.5, 0.6) is 0 Å². The van der Waals surface area contributed by atoms with Crippen LogP contribution in [-0.2, 0) is 5.92 Å². The number of nitrogen functional groups attached to an aromatic ring is 1. The maximum atomic E-state index is 12.6. The molecule has 3 N–H and O–H groups in total. The van der Waals surface area contributed by atoms with Crippen molar-refractivity contribution in [3.05, 3.63) is 11.3 Å². The third kappa shape index (κ3) is 1.31. The minimum Gasteiger partial charge on any atom is -0.382 e. The van der Waals surface area contributed by atoms with E-state index >= 15 is 0 Å². The maximum absolute atomic E-state index is 12.6. The van der Waals surface area contributed by atoms with Gasteiger partial charge in [-0.3, -0.25) is 5.10 Å². The smallest absolute Gasteiger partial charge is 0.286 e. The number of nitrogens with zero attached hydrogens (tertiary/aromatic N) is 1. The topological polar surface area (TPSA) is 54.7 Å². The summed E-state index contributed by atoms with van der Waals surface area (Å²) in [6.07, 6.45) is 0. The Hall–Kier alpha value is -1.13. The Morgan fingerprint density at radius 2 is 2.09 bits per heavy atom. The highest BCUT2D eigenvalue weighted by Crippen LogP contribution is 2.29. The number of rotatable bonds is 1. The van der Waals surface area contributed by atoms with E-state index in [0.29, 0.717) is 5.56 Å². The molecule has 0 aliphatic carbocycles. The van der Waals surface area contributed by atoms with Gasteiger partial charge >= 0.3 is 0 Å².